The van der Waals surface area contributed by atoms with Gasteiger partial charge in [-0.15, -0.1) is 0 Å². The number of pyridine rings is 1. The Hall–Kier alpha value is -2.17. The van der Waals surface area contributed by atoms with Crippen molar-refractivity contribution in [3.8, 4) is 0 Å². The third-order valence-corrected chi connectivity index (χ3v) is 3.62. The van der Waals surface area contributed by atoms with Crippen LogP contribution in [0.5, 0.6) is 0 Å². The molecule has 1 fully saturated rings. The number of aromatic nitrogens is 1. The second kappa shape index (κ2) is 4.50. The lowest BCUT2D eigenvalue weighted by molar-refractivity contribution is -0.519. The molecule has 2 heterocycles. The molecule has 3 rings (SSSR count). The Morgan fingerprint density at radius 1 is 1.42 bits per heavy atom. The van der Waals surface area contributed by atoms with Crippen LogP contribution < -0.4 is 4.90 Å². The van der Waals surface area contributed by atoms with E-state index in [1.807, 2.05) is 42.2 Å². The van der Waals surface area contributed by atoms with Crippen LogP contribution in [0.25, 0.3) is 10.9 Å². The summed E-state index contributed by atoms with van der Waals surface area (Å²) in [6.45, 7) is 2.67. The van der Waals surface area contributed by atoms with Crippen molar-refractivity contribution in [2.45, 2.75) is 25.9 Å². The molecular formula is C14H15N3O2. The molecule has 5 nitrogen and oxygen atoms in total. The summed E-state index contributed by atoms with van der Waals surface area (Å²) in [6, 6.07) is 9.90. The molecule has 98 valence electrons. The fourth-order valence-electron chi connectivity index (χ4n) is 2.72. The fraction of sp³-hybridized carbons (Fsp3) is 0.357. The minimum absolute atomic E-state index is 0.205. The summed E-state index contributed by atoms with van der Waals surface area (Å²) in [6.07, 6.45) is 0.813. The van der Waals surface area contributed by atoms with Crippen molar-refractivity contribution in [2.24, 2.45) is 0 Å². The number of aryl methyl sites for hydroxylation is 1. The van der Waals surface area contributed by atoms with E-state index in [4.69, 9.17) is 0 Å². The first-order chi connectivity index (χ1) is 9.16. The van der Waals surface area contributed by atoms with Crippen LogP contribution in [-0.4, -0.2) is 22.6 Å². The van der Waals surface area contributed by atoms with Gasteiger partial charge >= 0.3 is 0 Å². The number of hydrogen-bond acceptors (Lipinski definition) is 4. The summed E-state index contributed by atoms with van der Waals surface area (Å²) in [5.74, 6) is 0.748. The van der Waals surface area contributed by atoms with Gasteiger partial charge in [0, 0.05) is 23.3 Å². The van der Waals surface area contributed by atoms with Gasteiger partial charge in [-0.1, -0.05) is 18.2 Å². The maximum absolute atomic E-state index is 11.1. The van der Waals surface area contributed by atoms with Crippen LogP contribution in [0.15, 0.2) is 30.3 Å². The molecule has 1 aliphatic rings. The van der Waals surface area contributed by atoms with Crippen molar-refractivity contribution >= 4 is 16.7 Å². The third-order valence-electron chi connectivity index (χ3n) is 3.62. The lowest BCUT2D eigenvalue weighted by atomic mass is 10.1. The number of para-hydroxylation sites is 1. The summed E-state index contributed by atoms with van der Waals surface area (Å²) in [7, 11) is 0. The van der Waals surface area contributed by atoms with Crippen molar-refractivity contribution in [2.75, 3.05) is 11.4 Å². The molecule has 1 aliphatic heterocycles. The van der Waals surface area contributed by atoms with Gasteiger partial charge in [-0.05, 0) is 31.0 Å². The zero-order valence-electron chi connectivity index (χ0n) is 10.7. The van der Waals surface area contributed by atoms with Gasteiger partial charge in [0.2, 0.25) is 0 Å². The van der Waals surface area contributed by atoms with Crippen LogP contribution in [0.4, 0.5) is 5.82 Å². The average molecular weight is 257 g/mol. The Bertz CT molecular complexity index is 642. The topological polar surface area (TPSA) is 59.3 Å². The summed E-state index contributed by atoms with van der Waals surface area (Å²) >= 11 is 0. The molecule has 0 N–H and O–H groups in total. The highest BCUT2D eigenvalue weighted by atomic mass is 16.6. The van der Waals surface area contributed by atoms with Gasteiger partial charge in [0.15, 0.2) is 0 Å². The molecule has 5 heteroatoms. The lowest BCUT2D eigenvalue weighted by Crippen LogP contribution is -2.36. The highest BCUT2D eigenvalue weighted by Crippen LogP contribution is 2.29. The Labute approximate surface area is 111 Å². The van der Waals surface area contributed by atoms with E-state index in [0.717, 1.165) is 28.7 Å². The second-order valence-corrected chi connectivity index (χ2v) is 4.92. The monoisotopic (exact) mass is 257 g/mol. The molecule has 1 aromatic carbocycles. The van der Waals surface area contributed by atoms with Gasteiger partial charge in [-0.3, -0.25) is 15.0 Å². The quantitative estimate of drug-likeness (QED) is 0.613. The van der Waals surface area contributed by atoms with E-state index in [0.29, 0.717) is 13.0 Å². The number of benzene rings is 1. The Balaban J connectivity index is 2.09. The zero-order valence-corrected chi connectivity index (χ0v) is 10.7. The summed E-state index contributed by atoms with van der Waals surface area (Å²) < 4.78 is 0. The van der Waals surface area contributed by atoms with Crippen LogP contribution in [0.3, 0.4) is 0 Å². The first-order valence-electron chi connectivity index (χ1n) is 6.43. The Kier molecular flexibility index (Phi) is 2.81. The predicted octanol–water partition coefficient (Wildman–Crippen LogP) is 2.75. The van der Waals surface area contributed by atoms with Gasteiger partial charge in [0.25, 0.3) is 6.17 Å². The number of nitro groups is 1. The van der Waals surface area contributed by atoms with Crippen molar-refractivity contribution < 1.29 is 4.92 Å². The number of anilines is 1. The van der Waals surface area contributed by atoms with Gasteiger partial charge in [-0.25, -0.2) is 4.98 Å². The maximum Gasteiger partial charge on any atom is 0.288 e. The van der Waals surface area contributed by atoms with Gasteiger partial charge < -0.3 is 0 Å². The smallest absolute Gasteiger partial charge is 0.288 e. The number of fused-ring (bicyclic) bond motifs is 1. The predicted molar refractivity (Wildman–Crippen MR) is 73.8 cm³/mol. The summed E-state index contributed by atoms with van der Waals surface area (Å²) in [4.78, 5) is 17.3. The van der Waals surface area contributed by atoms with Crippen molar-refractivity contribution in [1.29, 1.82) is 0 Å². The van der Waals surface area contributed by atoms with Crippen molar-refractivity contribution in [1.82, 2.24) is 4.98 Å². The molecule has 19 heavy (non-hydrogen) atoms. The maximum atomic E-state index is 11.1. The van der Waals surface area contributed by atoms with Crippen LogP contribution in [0.2, 0.25) is 0 Å². The van der Waals surface area contributed by atoms with E-state index in [2.05, 4.69) is 4.98 Å². The normalized spacial score (nSPS) is 19.0. The molecule has 1 saturated heterocycles. The van der Waals surface area contributed by atoms with E-state index >= 15 is 0 Å². The lowest BCUT2D eigenvalue weighted by Gasteiger charge is -2.21. The molecule has 0 spiro atoms. The first-order valence-corrected chi connectivity index (χ1v) is 6.43. The van der Waals surface area contributed by atoms with Crippen LogP contribution >= 0.6 is 0 Å². The number of rotatable bonds is 2. The zero-order chi connectivity index (χ0) is 13.4. The number of nitrogens with zero attached hydrogens (tertiary/aromatic N) is 3. The van der Waals surface area contributed by atoms with Gasteiger partial charge in [0.05, 0.1) is 5.52 Å². The standard InChI is InChI=1S/C14H15N3O2/c1-10-9-11-5-2-3-6-12(11)15-14(10)16-8-4-7-13(16)17(18)19/h2-3,5-6,9,13H,4,7-8H2,1H3/t13-/m1/s1. The highest BCUT2D eigenvalue weighted by Gasteiger charge is 2.35. The van der Waals surface area contributed by atoms with Crippen molar-refractivity contribution in [3.05, 3.63) is 46.0 Å². The molecule has 2 aromatic rings. The molecule has 1 aromatic heterocycles. The van der Waals surface area contributed by atoms with E-state index in [-0.39, 0.29) is 4.92 Å². The van der Waals surface area contributed by atoms with Gasteiger partial charge in [-0.2, -0.15) is 0 Å². The van der Waals surface area contributed by atoms with Crippen molar-refractivity contribution in [3.63, 3.8) is 0 Å². The van der Waals surface area contributed by atoms with E-state index in [1.54, 1.807) is 0 Å². The molecule has 0 bridgehead atoms. The van der Waals surface area contributed by atoms with Crippen LogP contribution in [0, 0.1) is 17.0 Å². The van der Waals surface area contributed by atoms with E-state index in [1.165, 1.54) is 0 Å². The van der Waals surface area contributed by atoms with Crippen LogP contribution in [-0.2, 0) is 0 Å². The molecule has 0 unspecified atom stereocenters. The largest absolute Gasteiger partial charge is 0.294 e. The van der Waals surface area contributed by atoms with Crippen LogP contribution in [0.1, 0.15) is 18.4 Å². The SMILES string of the molecule is Cc1cc2ccccc2nc1N1CCC[C@H]1[N+](=O)[O-]. The molecule has 0 saturated carbocycles. The summed E-state index contributed by atoms with van der Waals surface area (Å²) in [5, 5.41) is 12.2. The molecule has 0 radical (unpaired) electrons. The highest BCUT2D eigenvalue weighted by molar-refractivity contribution is 5.81. The minimum atomic E-state index is -0.632. The van der Waals surface area contributed by atoms with E-state index in [9.17, 15) is 10.1 Å². The molecule has 0 amide bonds. The first kappa shape index (κ1) is 11.9. The minimum Gasteiger partial charge on any atom is -0.294 e. The Morgan fingerprint density at radius 3 is 3.00 bits per heavy atom. The second-order valence-electron chi connectivity index (χ2n) is 4.92. The average Bonchev–Trinajstić information content (AvgIpc) is 2.87. The Morgan fingerprint density at radius 2 is 2.21 bits per heavy atom. The molecular weight excluding hydrogens is 242 g/mol. The third kappa shape index (κ3) is 2.01. The molecule has 1 atom stereocenters. The number of hydrogen-bond donors (Lipinski definition) is 0. The molecule has 0 aliphatic carbocycles. The van der Waals surface area contributed by atoms with E-state index < -0.39 is 6.17 Å². The fourth-order valence-corrected chi connectivity index (χ4v) is 2.72. The van der Waals surface area contributed by atoms with Gasteiger partial charge in [0.1, 0.15) is 5.82 Å². The summed E-state index contributed by atoms with van der Waals surface area (Å²) in [5.41, 5.74) is 1.88.